The number of halogens is 3. The average Bonchev–Trinajstić information content (AvgIpc) is 2.86. The van der Waals surface area contributed by atoms with E-state index in [0.717, 1.165) is 0 Å². The molecule has 2 amide bonds. The molecule has 0 aliphatic carbocycles. The largest absolute Gasteiger partial charge is 0.404 e. The molecule has 0 aromatic carbocycles. The van der Waals surface area contributed by atoms with Crippen molar-refractivity contribution in [3.05, 3.63) is 0 Å². The van der Waals surface area contributed by atoms with Crippen LogP contribution in [0.4, 0.5) is 13.2 Å². The molecule has 0 spiro atoms. The summed E-state index contributed by atoms with van der Waals surface area (Å²) in [4.78, 5) is 23.9. The minimum atomic E-state index is -4.65. The van der Waals surface area contributed by atoms with Crippen LogP contribution < -0.4 is 16.0 Å². The van der Waals surface area contributed by atoms with Crippen molar-refractivity contribution in [3.8, 4) is 0 Å². The quantitative estimate of drug-likeness (QED) is 0.704. The molecular weight excluding hydrogens is 287 g/mol. The number of rotatable bonds is 5. The Kier molecular flexibility index (Phi) is 5.61. The van der Waals surface area contributed by atoms with Crippen molar-refractivity contribution in [2.75, 3.05) is 20.1 Å². The van der Waals surface area contributed by atoms with Crippen LogP contribution in [0.15, 0.2) is 0 Å². The van der Waals surface area contributed by atoms with Crippen LogP contribution in [0.2, 0.25) is 0 Å². The van der Waals surface area contributed by atoms with E-state index in [0.29, 0.717) is 0 Å². The topological polar surface area (TPSA) is 70.2 Å². The van der Waals surface area contributed by atoms with Crippen LogP contribution in [0.3, 0.4) is 0 Å². The third-order valence-electron chi connectivity index (χ3n) is 3.71. The van der Waals surface area contributed by atoms with Gasteiger partial charge in [0.2, 0.25) is 11.8 Å². The summed E-state index contributed by atoms with van der Waals surface area (Å²) in [5.41, 5.74) is -2.45. The third kappa shape index (κ3) is 3.87. The number of likely N-dealkylation sites (N-methyl/N-ethyl adjacent to an activating group) is 1. The Bertz CT molecular complexity index is 391. The lowest BCUT2D eigenvalue weighted by Gasteiger charge is -2.31. The van der Waals surface area contributed by atoms with Crippen molar-refractivity contribution in [2.24, 2.45) is 11.3 Å². The highest BCUT2D eigenvalue weighted by molar-refractivity contribution is 5.90. The molecule has 8 heteroatoms. The smallest absolute Gasteiger partial charge is 0.357 e. The predicted octanol–water partition coefficient (Wildman–Crippen LogP) is 0.805. The molecule has 5 nitrogen and oxygen atoms in total. The second kappa shape index (κ2) is 6.64. The summed E-state index contributed by atoms with van der Waals surface area (Å²) >= 11 is 0. The van der Waals surface area contributed by atoms with E-state index in [1.54, 1.807) is 0 Å². The minimum Gasteiger partial charge on any atom is -0.357 e. The first-order valence-corrected chi connectivity index (χ1v) is 6.94. The number of carbonyl (C=O) groups excluding carboxylic acids is 2. The maximum Gasteiger partial charge on any atom is 0.404 e. The van der Waals surface area contributed by atoms with Gasteiger partial charge >= 0.3 is 6.18 Å². The highest BCUT2D eigenvalue weighted by Gasteiger charge is 2.61. The molecule has 1 saturated heterocycles. The second-order valence-corrected chi connectivity index (χ2v) is 5.78. The number of nitrogens with one attached hydrogen (secondary N) is 3. The maximum absolute atomic E-state index is 13.3. The lowest BCUT2D eigenvalue weighted by atomic mass is 9.84. The minimum absolute atomic E-state index is 0.0659. The molecule has 1 fully saturated rings. The van der Waals surface area contributed by atoms with Crippen LogP contribution in [-0.4, -0.2) is 44.2 Å². The number of amides is 2. The zero-order chi connectivity index (χ0) is 16.3. The Hall–Kier alpha value is -1.31. The van der Waals surface area contributed by atoms with Gasteiger partial charge in [0, 0.05) is 13.6 Å². The Morgan fingerprint density at radius 1 is 1.33 bits per heavy atom. The molecule has 2 unspecified atom stereocenters. The van der Waals surface area contributed by atoms with Gasteiger partial charge in [-0.15, -0.1) is 0 Å². The van der Waals surface area contributed by atoms with Gasteiger partial charge in [-0.2, -0.15) is 13.2 Å². The van der Waals surface area contributed by atoms with Gasteiger partial charge in [0.1, 0.15) is 6.04 Å². The van der Waals surface area contributed by atoms with Crippen molar-refractivity contribution in [1.29, 1.82) is 0 Å². The van der Waals surface area contributed by atoms with Crippen molar-refractivity contribution < 1.29 is 22.8 Å². The first-order chi connectivity index (χ1) is 9.64. The van der Waals surface area contributed by atoms with E-state index in [1.807, 2.05) is 13.8 Å². The van der Waals surface area contributed by atoms with Crippen molar-refractivity contribution in [3.63, 3.8) is 0 Å². The number of hydrogen-bond donors (Lipinski definition) is 3. The van der Waals surface area contributed by atoms with Gasteiger partial charge in [-0.3, -0.25) is 9.59 Å². The molecular formula is C13H22F3N3O2. The van der Waals surface area contributed by atoms with Crippen LogP contribution in [0.25, 0.3) is 0 Å². The second-order valence-electron chi connectivity index (χ2n) is 5.78. The maximum atomic E-state index is 13.3. The van der Waals surface area contributed by atoms with E-state index in [9.17, 15) is 22.8 Å². The summed E-state index contributed by atoms with van der Waals surface area (Å²) in [6.45, 7) is 3.34. The van der Waals surface area contributed by atoms with E-state index in [4.69, 9.17) is 0 Å². The van der Waals surface area contributed by atoms with Gasteiger partial charge < -0.3 is 16.0 Å². The van der Waals surface area contributed by atoms with Gasteiger partial charge in [0.25, 0.3) is 0 Å². The summed E-state index contributed by atoms with van der Waals surface area (Å²) < 4.78 is 39.8. The Morgan fingerprint density at radius 3 is 2.33 bits per heavy atom. The van der Waals surface area contributed by atoms with E-state index in [-0.39, 0.29) is 25.3 Å². The standard InChI is InChI=1S/C13H22F3N3O2/c1-8(2)6-9(10(20)17-3)19-11(21)12(13(14,15)16)4-5-18-7-12/h8-9,18H,4-7H2,1-3H3,(H,17,20)(H,19,21). The summed E-state index contributed by atoms with van der Waals surface area (Å²) in [6.07, 6.45) is -4.68. The van der Waals surface area contributed by atoms with Crippen molar-refractivity contribution >= 4 is 11.8 Å². The van der Waals surface area contributed by atoms with Crippen LogP contribution in [0.1, 0.15) is 26.7 Å². The molecule has 0 bridgehead atoms. The molecule has 1 rings (SSSR count). The first kappa shape index (κ1) is 17.7. The van der Waals surface area contributed by atoms with Crippen LogP contribution in [0.5, 0.6) is 0 Å². The van der Waals surface area contributed by atoms with Crippen molar-refractivity contribution in [2.45, 2.75) is 38.9 Å². The highest BCUT2D eigenvalue weighted by Crippen LogP contribution is 2.43. The Balaban J connectivity index is 2.91. The van der Waals surface area contributed by atoms with E-state index >= 15 is 0 Å². The van der Waals surface area contributed by atoms with E-state index < -0.39 is 36.0 Å². The molecule has 1 aliphatic heterocycles. The molecule has 0 saturated carbocycles. The predicted molar refractivity (Wildman–Crippen MR) is 71.4 cm³/mol. The molecule has 2 atom stereocenters. The molecule has 3 N–H and O–H groups in total. The summed E-state index contributed by atoms with van der Waals surface area (Å²) in [5, 5.41) is 7.22. The molecule has 122 valence electrons. The van der Waals surface area contributed by atoms with Crippen molar-refractivity contribution in [1.82, 2.24) is 16.0 Å². The fourth-order valence-corrected chi connectivity index (χ4v) is 2.43. The van der Waals surface area contributed by atoms with Crippen LogP contribution in [0, 0.1) is 11.3 Å². The summed E-state index contributed by atoms with van der Waals surface area (Å²) in [7, 11) is 1.39. The average molecular weight is 309 g/mol. The SMILES string of the molecule is CNC(=O)C(CC(C)C)NC(=O)C1(C(F)(F)F)CCNC1. The van der Waals surface area contributed by atoms with Gasteiger partial charge in [-0.25, -0.2) is 0 Å². The van der Waals surface area contributed by atoms with Crippen LogP contribution in [-0.2, 0) is 9.59 Å². The monoisotopic (exact) mass is 309 g/mol. The molecule has 0 aromatic rings. The number of hydrogen-bond acceptors (Lipinski definition) is 3. The first-order valence-electron chi connectivity index (χ1n) is 6.94. The highest BCUT2D eigenvalue weighted by atomic mass is 19.4. The van der Waals surface area contributed by atoms with Crippen LogP contribution >= 0.6 is 0 Å². The molecule has 0 aromatic heterocycles. The lowest BCUT2D eigenvalue weighted by Crippen LogP contribution is -2.57. The third-order valence-corrected chi connectivity index (χ3v) is 3.71. The van der Waals surface area contributed by atoms with Gasteiger partial charge in [0.05, 0.1) is 0 Å². The Morgan fingerprint density at radius 2 is 1.95 bits per heavy atom. The number of carbonyl (C=O) groups is 2. The molecule has 1 heterocycles. The summed E-state index contributed by atoms with van der Waals surface area (Å²) in [5.74, 6) is -1.55. The lowest BCUT2D eigenvalue weighted by molar-refractivity contribution is -0.216. The zero-order valence-electron chi connectivity index (χ0n) is 12.4. The van der Waals surface area contributed by atoms with E-state index in [2.05, 4.69) is 16.0 Å². The molecule has 1 aliphatic rings. The van der Waals surface area contributed by atoms with Gasteiger partial charge in [0.15, 0.2) is 5.41 Å². The van der Waals surface area contributed by atoms with E-state index in [1.165, 1.54) is 7.05 Å². The molecule has 21 heavy (non-hydrogen) atoms. The van der Waals surface area contributed by atoms with Gasteiger partial charge in [-0.05, 0) is 25.3 Å². The van der Waals surface area contributed by atoms with Gasteiger partial charge in [-0.1, -0.05) is 13.8 Å². The molecule has 0 radical (unpaired) electrons. The zero-order valence-corrected chi connectivity index (χ0v) is 12.4. The number of alkyl halides is 3. The fourth-order valence-electron chi connectivity index (χ4n) is 2.43. The normalized spacial score (nSPS) is 24.0. The summed E-state index contributed by atoms with van der Waals surface area (Å²) in [6, 6.07) is -0.956. The fraction of sp³-hybridized carbons (Fsp3) is 0.846. The Labute approximate surface area is 122 Å².